The van der Waals surface area contributed by atoms with Gasteiger partial charge in [0.25, 0.3) is 0 Å². The van der Waals surface area contributed by atoms with Crippen LogP contribution in [0.4, 0.5) is 5.69 Å². The molecule has 0 radical (unpaired) electrons. The van der Waals surface area contributed by atoms with Gasteiger partial charge in [-0.2, -0.15) is 0 Å². The molecule has 3 aromatic carbocycles. The number of hydrogen-bond acceptors (Lipinski definition) is 2. The van der Waals surface area contributed by atoms with Gasteiger partial charge in [-0.3, -0.25) is 4.90 Å². The van der Waals surface area contributed by atoms with Gasteiger partial charge in [-0.25, -0.2) is 4.85 Å². The molecule has 2 aliphatic heterocycles. The van der Waals surface area contributed by atoms with Crippen LogP contribution in [0.2, 0.25) is 0 Å². The summed E-state index contributed by atoms with van der Waals surface area (Å²) in [6.45, 7) is 11.2. The first-order valence-electron chi connectivity index (χ1n) is 11.8. The highest BCUT2D eigenvalue weighted by Crippen LogP contribution is 2.42. The standard InChI is InChI=1S/C29H25N3O/c1-30-22-8-9-27-25(15-22)26(17-32(27)16-23-18-33-23)19-10-12-31(13-11-19)28-14-21-6-2-4-20-5-3-7-24(28)29(20)21/h2-10,15,17,23,28H,11-14,16,18H2/t23?,28-/m0/s1. The van der Waals surface area contributed by atoms with E-state index < -0.39 is 0 Å². The summed E-state index contributed by atoms with van der Waals surface area (Å²) in [5, 5.41) is 4.03. The van der Waals surface area contributed by atoms with Crippen LogP contribution >= 0.6 is 0 Å². The predicted molar refractivity (Wildman–Crippen MR) is 132 cm³/mol. The molecule has 0 N–H and O–H groups in total. The first-order chi connectivity index (χ1) is 16.3. The molecule has 0 bridgehead atoms. The molecule has 0 amide bonds. The number of benzene rings is 3. The highest BCUT2D eigenvalue weighted by atomic mass is 16.6. The Labute approximate surface area is 193 Å². The number of aromatic nitrogens is 1. The second kappa shape index (κ2) is 7.31. The fourth-order valence-electron chi connectivity index (χ4n) is 5.91. The molecule has 2 atom stereocenters. The maximum atomic E-state index is 7.46. The van der Waals surface area contributed by atoms with Crippen molar-refractivity contribution in [1.82, 2.24) is 9.47 Å². The van der Waals surface area contributed by atoms with Gasteiger partial charge in [0, 0.05) is 36.4 Å². The van der Waals surface area contributed by atoms with E-state index in [2.05, 4.69) is 75.1 Å². The SMILES string of the molecule is [C-]#[N+]c1ccc2c(c1)c(C1=CCN([C@H]3Cc4cccc5cccc3c45)CC1)cn2CC1CO1. The fraction of sp³-hybridized carbons (Fsp3) is 0.276. The molecule has 1 aromatic heterocycles. The van der Waals surface area contributed by atoms with Crippen molar-refractivity contribution in [2.75, 3.05) is 19.7 Å². The molecule has 33 heavy (non-hydrogen) atoms. The zero-order valence-electron chi connectivity index (χ0n) is 18.5. The molecule has 4 aromatic rings. The van der Waals surface area contributed by atoms with Gasteiger partial charge in [0.05, 0.1) is 25.8 Å². The first-order valence-corrected chi connectivity index (χ1v) is 11.8. The van der Waals surface area contributed by atoms with Crippen molar-refractivity contribution in [3.8, 4) is 0 Å². The van der Waals surface area contributed by atoms with Crippen molar-refractivity contribution in [2.24, 2.45) is 0 Å². The predicted octanol–water partition coefficient (Wildman–Crippen LogP) is 6.13. The molecule has 1 saturated heterocycles. The number of fused-ring (bicyclic) bond motifs is 1. The van der Waals surface area contributed by atoms with Gasteiger partial charge in [-0.1, -0.05) is 48.5 Å². The minimum Gasteiger partial charge on any atom is -0.371 e. The van der Waals surface area contributed by atoms with Crippen LogP contribution in [-0.2, 0) is 17.7 Å². The van der Waals surface area contributed by atoms with Crippen LogP contribution in [0, 0.1) is 6.57 Å². The van der Waals surface area contributed by atoms with Crippen LogP contribution in [0.3, 0.4) is 0 Å². The third-order valence-corrected chi connectivity index (χ3v) is 7.62. The monoisotopic (exact) mass is 431 g/mol. The topological polar surface area (TPSA) is 25.1 Å². The van der Waals surface area contributed by atoms with Crippen LogP contribution in [0.15, 0.2) is 66.9 Å². The molecule has 1 aliphatic carbocycles. The smallest absolute Gasteiger partial charge is 0.188 e. The minimum atomic E-state index is 0.330. The Morgan fingerprint density at radius 3 is 2.76 bits per heavy atom. The lowest BCUT2D eigenvalue weighted by Crippen LogP contribution is -2.32. The third kappa shape index (κ3) is 3.12. The van der Waals surface area contributed by atoms with E-state index in [1.807, 2.05) is 6.07 Å². The Kier molecular flexibility index (Phi) is 4.24. The Morgan fingerprint density at radius 2 is 1.97 bits per heavy atom. The van der Waals surface area contributed by atoms with Crippen molar-refractivity contribution in [1.29, 1.82) is 0 Å². The molecular weight excluding hydrogens is 406 g/mol. The summed E-state index contributed by atoms with van der Waals surface area (Å²) in [7, 11) is 0. The molecule has 1 unspecified atom stereocenters. The lowest BCUT2D eigenvalue weighted by atomic mass is 9.96. The largest absolute Gasteiger partial charge is 0.371 e. The zero-order chi connectivity index (χ0) is 21.9. The Bertz CT molecular complexity index is 1480. The maximum absolute atomic E-state index is 7.46. The van der Waals surface area contributed by atoms with E-state index in [-0.39, 0.29) is 0 Å². The average molecular weight is 432 g/mol. The van der Waals surface area contributed by atoms with Gasteiger partial charge in [0.15, 0.2) is 5.69 Å². The van der Waals surface area contributed by atoms with Crippen LogP contribution in [0.5, 0.6) is 0 Å². The van der Waals surface area contributed by atoms with Crippen molar-refractivity contribution >= 4 is 32.9 Å². The van der Waals surface area contributed by atoms with E-state index in [0.717, 1.165) is 39.1 Å². The number of rotatable bonds is 4. The highest BCUT2D eigenvalue weighted by Gasteiger charge is 2.30. The second-order valence-electron chi connectivity index (χ2n) is 9.52. The molecule has 3 heterocycles. The summed E-state index contributed by atoms with van der Waals surface area (Å²) in [5.74, 6) is 0. The molecule has 4 heteroatoms. The molecule has 3 aliphatic rings. The second-order valence-corrected chi connectivity index (χ2v) is 9.52. The molecule has 0 saturated carbocycles. The Morgan fingerprint density at radius 1 is 1.09 bits per heavy atom. The van der Waals surface area contributed by atoms with Gasteiger partial charge < -0.3 is 9.30 Å². The van der Waals surface area contributed by atoms with Gasteiger partial charge in [-0.05, 0) is 57.8 Å². The van der Waals surface area contributed by atoms with E-state index in [9.17, 15) is 0 Å². The Balaban J connectivity index is 1.21. The molecule has 7 rings (SSSR count). The van der Waals surface area contributed by atoms with Gasteiger partial charge in [0.2, 0.25) is 0 Å². The van der Waals surface area contributed by atoms with Gasteiger partial charge in [-0.15, -0.1) is 0 Å². The number of nitrogens with zero attached hydrogens (tertiary/aromatic N) is 3. The summed E-state index contributed by atoms with van der Waals surface area (Å²) in [5.41, 5.74) is 7.57. The Hall–Kier alpha value is -3.39. The lowest BCUT2D eigenvalue weighted by molar-refractivity contribution is 0.222. The van der Waals surface area contributed by atoms with Crippen molar-refractivity contribution in [3.05, 3.63) is 95.0 Å². The van der Waals surface area contributed by atoms with E-state index in [0.29, 0.717) is 17.8 Å². The zero-order valence-corrected chi connectivity index (χ0v) is 18.5. The van der Waals surface area contributed by atoms with E-state index in [1.54, 1.807) is 0 Å². The third-order valence-electron chi connectivity index (χ3n) is 7.62. The lowest BCUT2D eigenvalue weighted by Gasteiger charge is -2.32. The summed E-state index contributed by atoms with van der Waals surface area (Å²) < 4.78 is 7.81. The maximum Gasteiger partial charge on any atom is 0.188 e. The van der Waals surface area contributed by atoms with Crippen molar-refractivity contribution in [2.45, 2.75) is 31.5 Å². The van der Waals surface area contributed by atoms with Gasteiger partial charge >= 0.3 is 0 Å². The summed E-state index contributed by atoms with van der Waals surface area (Å²) in [6, 6.07) is 20.0. The molecular formula is C29H25N3O. The molecule has 4 nitrogen and oxygen atoms in total. The average Bonchev–Trinajstić information content (AvgIpc) is 3.50. The van der Waals surface area contributed by atoms with Gasteiger partial charge in [0.1, 0.15) is 0 Å². The molecule has 162 valence electrons. The van der Waals surface area contributed by atoms with Crippen molar-refractivity contribution < 1.29 is 4.74 Å². The molecule has 1 fully saturated rings. The normalized spacial score (nSPS) is 22.0. The summed E-state index contributed by atoms with van der Waals surface area (Å²) in [6.07, 6.45) is 7.17. The fourth-order valence-corrected chi connectivity index (χ4v) is 5.91. The van der Waals surface area contributed by atoms with Crippen LogP contribution in [0.25, 0.3) is 32.1 Å². The number of hydrogen-bond donors (Lipinski definition) is 0. The first kappa shape index (κ1) is 19.1. The van der Waals surface area contributed by atoms with E-state index >= 15 is 0 Å². The van der Waals surface area contributed by atoms with E-state index in [1.165, 1.54) is 43.9 Å². The summed E-state index contributed by atoms with van der Waals surface area (Å²) in [4.78, 5) is 6.32. The summed E-state index contributed by atoms with van der Waals surface area (Å²) >= 11 is 0. The van der Waals surface area contributed by atoms with E-state index in [4.69, 9.17) is 11.3 Å². The van der Waals surface area contributed by atoms with Crippen LogP contribution in [-0.4, -0.2) is 35.3 Å². The quantitative estimate of drug-likeness (QED) is 0.287. The highest BCUT2D eigenvalue weighted by molar-refractivity contribution is 5.95. The van der Waals surface area contributed by atoms with Crippen LogP contribution < -0.4 is 0 Å². The molecule has 0 spiro atoms. The van der Waals surface area contributed by atoms with Crippen LogP contribution in [0.1, 0.15) is 29.2 Å². The van der Waals surface area contributed by atoms with Crippen molar-refractivity contribution in [3.63, 3.8) is 0 Å². The number of ether oxygens (including phenoxy) is 1. The number of epoxide rings is 1. The minimum absolute atomic E-state index is 0.330.